The Labute approximate surface area is 68.0 Å². The molecule has 0 spiro atoms. The van der Waals surface area contributed by atoms with E-state index in [9.17, 15) is 4.79 Å². The smallest absolute Gasteiger partial charge is 0.227 e. The third-order valence-electron chi connectivity index (χ3n) is 1.15. The highest BCUT2D eigenvalue weighted by atomic mass is 16.1. The number of hydrogen-bond acceptors (Lipinski definition) is 1. The van der Waals surface area contributed by atoms with E-state index < -0.39 is 0 Å². The Bertz CT molecular complexity index is 150. The molecule has 0 aromatic rings. The number of carbonyl (C=O) groups excluding carboxylic acids is 1. The highest BCUT2D eigenvalue weighted by molar-refractivity contribution is 5.78. The summed E-state index contributed by atoms with van der Waals surface area (Å²) in [5, 5.41) is 2.63. The molecule has 0 saturated carbocycles. The summed E-state index contributed by atoms with van der Waals surface area (Å²) in [5.74, 6) is -0.00708. The molecule has 0 bridgehead atoms. The van der Waals surface area contributed by atoms with Gasteiger partial charge in [-0.1, -0.05) is 25.5 Å². The predicted molar refractivity (Wildman–Crippen MR) is 47.0 cm³/mol. The number of unbranched alkanes of at least 4 members (excludes halogenated alkanes) is 1. The zero-order valence-corrected chi connectivity index (χ0v) is 6.97. The van der Waals surface area contributed by atoms with Crippen LogP contribution in [0.15, 0.2) is 24.9 Å². The Hall–Kier alpha value is -1.05. The molecule has 62 valence electrons. The van der Waals surface area contributed by atoms with Gasteiger partial charge in [-0.15, -0.1) is 6.58 Å². The van der Waals surface area contributed by atoms with Crippen molar-refractivity contribution in [3.05, 3.63) is 24.9 Å². The van der Waals surface area contributed by atoms with Crippen molar-refractivity contribution in [3.63, 3.8) is 0 Å². The lowest BCUT2D eigenvalue weighted by atomic mass is 10.3. The highest BCUT2D eigenvalue weighted by Crippen LogP contribution is 1.86. The fourth-order valence-electron chi connectivity index (χ4n) is 0.592. The van der Waals surface area contributed by atoms with Crippen LogP contribution in [-0.4, -0.2) is 5.91 Å². The molecule has 0 aromatic heterocycles. The summed E-state index contributed by atoms with van der Waals surface area (Å²) in [6.45, 7) is 5.55. The second-order valence-electron chi connectivity index (χ2n) is 2.25. The highest BCUT2D eigenvalue weighted by Gasteiger charge is 1.90. The van der Waals surface area contributed by atoms with E-state index in [0.29, 0.717) is 6.42 Å². The van der Waals surface area contributed by atoms with Crippen LogP contribution in [-0.2, 0) is 4.79 Å². The first-order valence-corrected chi connectivity index (χ1v) is 3.86. The van der Waals surface area contributed by atoms with Crippen LogP contribution in [0, 0.1) is 0 Å². The molecule has 0 aliphatic carbocycles. The molecule has 2 nitrogen and oxygen atoms in total. The van der Waals surface area contributed by atoms with Gasteiger partial charge in [-0.05, 0) is 12.6 Å². The Kier molecular flexibility index (Phi) is 6.39. The first-order valence-electron chi connectivity index (χ1n) is 3.86. The van der Waals surface area contributed by atoms with Gasteiger partial charge in [-0.3, -0.25) is 4.79 Å². The van der Waals surface area contributed by atoms with Crippen LogP contribution < -0.4 is 5.32 Å². The first-order chi connectivity index (χ1) is 5.31. The minimum absolute atomic E-state index is 0.00708. The molecular weight excluding hydrogens is 138 g/mol. The molecule has 0 heterocycles. The van der Waals surface area contributed by atoms with Gasteiger partial charge in [0.25, 0.3) is 0 Å². The minimum atomic E-state index is -0.00708. The van der Waals surface area contributed by atoms with Crippen LogP contribution in [0.25, 0.3) is 0 Å². The van der Waals surface area contributed by atoms with Crippen LogP contribution in [0.1, 0.15) is 26.2 Å². The van der Waals surface area contributed by atoms with Crippen LogP contribution >= 0.6 is 0 Å². The monoisotopic (exact) mass is 153 g/mol. The molecule has 0 atom stereocenters. The fraction of sp³-hybridized carbons (Fsp3) is 0.444. The van der Waals surface area contributed by atoms with Crippen molar-refractivity contribution in [2.24, 2.45) is 0 Å². The second-order valence-corrected chi connectivity index (χ2v) is 2.25. The van der Waals surface area contributed by atoms with E-state index in [1.54, 1.807) is 12.3 Å². The van der Waals surface area contributed by atoms with Crippen LogP contribution in [0.2, 0.25) is 0 Å². The molecule has 0 rings (SSSR count). The Morgan fingerprint density at radius 1 is 1.64 bits per heavy atom. The van der Waals surface area contributed by atoms with Crippen molar-refractivity contribution in [1.29, 1.82) is 0 Å². The topological polar surface area (TPSA) is 29.1 Å². The molecular formula is C9H15NO. The molecule has 0 saturated heterocycles. The van der Waals surface area contributed by atoms with Gasteiger partial charge in [0.15, 0.2) is 0 Å². The number of nitrogens with one attached hydrogen (secondary N) is 1. The molecule has 1 amide bonds. The third-order valence-corrected chi connectivity index (χ3v) is 1.15. The molecule has 11 heavy (non-hydrogen) atoms. The van der Waals surface area contributed by atoms with Gasteiger partial charge in [-0.25, -0.2) is 0 Å². The minimum Gasteiger partial charge on any atom is -0.333 e. The number of hydrogen-bond donors (Lipinski definition) is 1. The molecule has 0 aromatic carbocycles. The van der Waals surface area contributed by atoms with Gasteiger partial charge in [0.2, 0.25) is 5.91 Å². The van der Waals surface area contributed by atoms with Crippen molar-refractivity contribution in [1.82, 2.24) is 5.32 Å². The maximum atomic E-state index is 10.8. The third kappa shape index (κ3) is 6.84. The normalized spacial score (nSPS) is 9.91. The zero-order valence-electron chi connectivity index (χ0n) is 6.97. The summed E-state index contributed by atoms with van der Waals surface area (Å²) < 4.78 is 0. The van der Waals surface area contributed by atoms with Crippen LogP contribution in [0.3, 0.4) is 0 Å². The van der Waals surface area contributed by atoms with Crippen molar-refractivity contribution < 1.29 is 4.79 Å². The quantitative estimate of drug-likeness (QED) is 0.601. The summed E-state index contributed by atoms with van der Waals surface area (Å²) in [7, 11) is 0. The first kappa shape index (κ1) is 9.95. The Morgan fingerprint density at radius 3 is 2.91 bits per heavy atom. The van der Waals surface area contributed by atoms with Gasteiger partial charge >= 0.3 is 0 Å². The van der Waals surface area contributed by atoms with E-state index in [1.807, 2.05) is 6.08 Å². The van der Waals surface area contributed by atoms with E-state index in [-0.39, 0.29) is 5.91 Å². The van der Waals surface area contributed by atoms with E-state index in [4.69, 9.17) is 0 Å². The average Bonchev–Trinajstić information content (AvgIpc) is 1.99. The van der Waals surface area contributed by atoms with E-state index in [1.165, 1.54) is 0 Å². The number of allylic oxidation sites excluding steroid dienone is 1. The van der Waals surface area contributed by atoms with Gasteiger partial charge in [-0.2, -0.15) is 0 Å². The van der Waals surface area contributed by atoms with E-state index in [0.717, 1.165) is 12.8 Å². The van der Waals surface area contributed by atoms with E-state index in [2.05, 4.69) is 18.8 Å². The Balaban J connectivity index is 3.36. The molecule has 1 N–H and O–H groups in total. The lowest BCUT2D eigenvalue weighted by Crippen LogP contribution is -2.15. The van der Waals surface area contributed by atoms with Crippen molar-refractivity contribution in [2.75, 3.05) is 0 Å². The number of carbonyl (C=O) groups is 1. The van der Waals surface area contributed by atoms with Gasteiger partial charge in [0.1, 0.15) is 0 Å². The van der Waals surface area contributed by atoms with Crippen molar-refractivity contribution in [3.8, 4) is 0 Å². The molecule has 0 fully saturated rings. The molecule has 0 aliphatic heterocycles. The van der Waals surface area contributed by atoms with Crippen LogP contribution in [0.4, 0.5) is 0 Å². The summed E-state index contributed by atoms with van der Waals surface area (Å²) in [6.07, 6.45) is 7.72. The summed E-state index contributed by atoms with van der Waals surface area (Å²) in [5.41, 5.74) is 0. The van der Waals surface area contributed by atoms with Crippen LogP contribution in [0.5, 0.6) is 0 Å². The largest absolute Gasteiger partial charge is 0.333 e. The number of rotatable bonds is 5. The van der Waals surface area contributed by atoms with Gasteiger partial charge in [0, 0.05) is 6.42 Å². The average molecular weight is 153 g/mol. The second kappa shape index (κ2) is 7.06. The predicted octanol–water partition coefficient (Wildman–Crippen LogP) is 1.99. The van der Waals surface area contributed by atoms with Crippen molar-refractivity contribution >= 4 is 5.91 Å². The molecule has 0 radical (unpaired) electrons. The Morgan fingerprint density at radius 2 is 2.36 bits per heavy atom. The summed E-state index contributed by atoms with van der Waals surface area (Å²) in [4.78, 5) is 10.8. The summed E-state index contributed by atoms with van der Waals surface area (Å²) >= 11 is 0. The van der Waals surface area contributed by atoms with Gasteiger partial charge < -0.3 is 5.32 Å². The van der Waals surface area contributed by atoms with Gasteiger partial charge in [0.05, 0.1) is 0 Å². The maximum absolute atomic E-state index is 10.8. The molecule has 2 heteroatoms. The van der Waals surface area contributed by atoms with E-state index >= 15 is 0 Å². The SMILES string of the molecule is C=CCC(=O)N/C=C\CCC. The lowest BCUT2D eigenvalue weighted by Gasteiger charge is -1.93. The molecule has 0 aliphatic rings. The van der Waals surface area contributed by atoms with Crippen molar-refractivity contribution in [2.45, 2.75) is 26.2 Å². The maximum Gasteiger partial charge on any atom is 0.227 e. The fourth-order valence-corrected chi connectivity index (χ4v) is 0.592. The zero-order chi connectivity index (χ0) is 8.53. The standard InChI is InChI=1S/C9H15NO/c1-3-5-6-8-10-9(11)7-4-2/h4,6,8H,2-3,5,7H2,1H3,(H,10,11)/b8-6-. The summed E-state index contributed by atoms with van der Waals surface area (Å²) in [6, 6.07) is 0. The lowest BCUT2D eigenvalue weighted by molar-refractivity contribution is -0.119. The molecule has 0 unspecified atom stereocenters. The number of amides is 1.